The normalized spacial score (nSPS) is 10.6. The molecular formula is C11H8ClNO3. The van der Waals surface area contributed by atoms with E-state index in [-0.39, 0.29) is 5.56 Å². The molecule has 1 heterocycles. The molecule has 0 amide bonds. The zero-order chi connectivity index (χ0) is 11.9. The van der Waals surface area contributed by atoms with Crippen LogP contribution >= 0.6 is 11.6 Å². The number of para-hydroxylation sites is 1. The van der Waals surface area contributed by atoms with Crippen LogP contribution in [0, 0.1) is 0 Å². The molecule has 1 aromatic heterocycles. The Bertz CT molecular complexity index is 645. The molecule has 1 N–H and O–H groups in total. The van der Waals surface area contributed by atoms with E-state index < -0.39 is 11.5 Å². The third-order valence-electron chi connectivity index (χ3n) is 2.42. The molecular weight excluding hydrogens is 230 g/mol. The molecule has 0 unspecified atom stereocenters. The number of fused-ring (bicyclic) bond motifs is 1. The van der Waals surface area contributed by atoms with Crippen molar-refractivity contribution in [2.45, 2.75) is 0 Å². The Morgan fingerprint density at radius 2 is 2.12 bits per heavy atom. The van der Waals surface area contributed by atoms with Crippen molar-refractivity contribution in [1.29, 1.82) is 0 Å². The minimum absolute atomic E-state index is 0.253. The van der Waals surface area contributed by atoms with E-state index in [1.807, 2.05) is 0 Å². The number of halogens is 1. The lowest BCUT2D eigenvalue weighted by molar-refractivity contribution is 0.0694. The minimum atomic E-state index is -1.23. The molecule has 0 bridgehead atoms. The summed E-state index contributed by atoms with van der Waals surface area (Å²) < 4.78 is 1.25. The topological polar surface area (TPSA) is 59.3 Å². The van der Waals surface area contributed by atoms with Gasteiger partial charge in [-0.1, -0.05) is 23.7 Å². The standard InChI is InChI=1S/C11H8ClNO3/c1-13-9-6(3-2-4-8(9)12)5-7(10(13)14)11(15)16/h2-5H,1H3,(H,15,16). The highest BCUT2D eigenvalue weighted by molar-refractivity contribution is 6.35. The summed E-state index contributed by atoms with van der Waals surface area (Å²) in [6.45, 7) is 0. The Hall–Kier alpha value is -1.81. The van der Waals surface area contributed by atoms with Crippen LogP contribution in [0.4, 0.5) is 0 Å². The molecule has 5 heteroatoms. The average Bonchev–Trinajstić information content (AvgIpc) is 2.22. The number of aromatic nitrogens is 1. The number of aryl methyl sites for hydroxylation is 1. The van der Waals surface area contributed by atoms with Gasteiger partial charge in [0.25, 0.3) is 5.56 Å². The lowest BCUT2D eigenvalue weighted by atomic mass is 10.1. The number of rotatable bonds is 1. The smallest absolute Gasteiger partial charge is 0.341 e. The molecule has 0 spiro atoms. The van der Waals surface area contributed by atoms with Gasteiger partial charge in [-0.05, 0) is 12.1 Å². The fraction of sp³-hybridized carbons (Fsp3) is 0.0909. The summed E-state index contributed by atoms with van der Waals surface area (Å²) >= 11 is 5.96. The van der Waals surface area contributed by atoms with Crippen molar-refractivity contribution in [2.75, 3.05) is 0 Å². The van der Waals surface area contributed by atoms with E-state index in [9.17, 15) is 9.59 Å². The number of hydrogen-bond donors (Lipinski definition) is 1. The average molecular weight is 238 g/mol. The molecule has 0 saturated carbocycles. The molecule has 1 aromatic carbocycles. The van der Waals surface area contributed by atoms with Crippen molar-refractivity contribution in [1.82, 2.24) is 4.57 Å². The molecule has 2 aromatic rings. The first-order chi connectivity index (χ1) is 7.52. The predicted octanol–water partition coefficient (Wildman–Crippen LogP) is 1.89. The maximum atomic E-state index is 11.7. The van der Waals surface area contributed by atoms with Crippen LogP contribution in [0.1, 0.15) is 10.4 Å². The number of aromatic carboxylic acids is 1. The van der Waals surface area contributed by atoms with Gasteiger partial charge in [-0.15, -0.1) is 0 Å². The number of nitrogens with zero attached hydrogens (tertiary/aromatic N) is 1. The molecule has 0 radical (unpaired) electrons. The van der Waals surface area contributed by atoms with Gasteiger partial charge in [-0.25, -0.2) is 4.79 Å². The predicted molar refractivity (Wildman–Crippen MR) is 61.2 cm³/mol. The Morgan fingerprint density at radius 1 is 1.44 bits per heavy atom. The molecule has 16 heavy (non-hydrogen) atoms. The Balaban J connectivity index is 3.00. The van der Waals surface area contributed by atoms with Gasteiger partial charge in [0.15, 0.2) is 0 Å². The molecule has 4 nitrogen and oxygen atoms in total. The molecule has 0 saturated heterocycles. The summed E-state index contributed by atoms with van der Waals surface area (Å²) in [5.41, 5.74) is -0.274. The van der Waals surface area contributed by atoms with Crippen LogP contribution in [0.5, 0.6) is 0 Å². The monoisotopic (exact) mass is 237 g/mol. The minimum Gasteiger partial charge on any atom is -0.477 e. The van der Waals surface area contributed by atoms with E-state index in [1.54, 1.807) is 18.2 Å². The van der Waals surface area contributed by atoms with Gasteiger partial charge in [0.05, 0.1) is 10.5 Å². The van der Waals surface area contributed by atoms with Crippen LogP contribution < -0.4 is 5.56 Å². The first-order valence-electron chi connectivity index (χ1n) is 4.54. The van der Waals surface area contributed by atoms with Crippen molar-refractivity contribution in [3.05, 3.63) is 45.2 Å². The second-order valence-corrected chi connectivity index (χ2v) is 3.81. The van der Waals surface area contributed by atoms with Crippen LogP contribution in [-0.4, -0.2) is 15.6 Å². The summed E-state index contributed by atoms with van der Waals surface area (Å²) in [4.78, 5) is 22.6. The van der Waals surface area contributed by atoms with Gasteiger partial charge < -0.3 is 9.67 Å². The highest BCUT2D eigenvalue weighted by Gasteiger charge is 2.13. The Labute approximate surface area is 95.7 Å². The third kappa shape index (κ3) is 1.47. The number of carboxylic acids is 1. The second-order valence-electron chi connectivity index (χ2n) is 3.41. The second kappa shape index (κ2) is 3.64. The molecule has 0 aliphatic carbocycles. The fourth-order valence-corrected chi connectivity index (χ4v) is 1.96. The maximum Gasteiger partial charge on any atom is 0.341 e. The van der Waals surface area contributed by atoms with Gasteiger partial charge in [0.2, 0.25) is 0 Å². The molecule has 0 aliphatic rings. The van der Waals surface area contributed by atoms with Gasteiger partial charge in [-0.3, -0.25) is 4.79 Å². The number of carbonyl (C=O) groups is 1. The van der Waals surface area contributed by atoms with E-state index in [2.05, 4.69) is 0 Å². The van der Waals surface area contributed by atoms with Crippen molar-refractivity contribution in [2.24, 2.45) is 7.05 Å². The molecule has 0 fully saturated rings. The number of pyridine rings is 1. The lowest BCUT2D eigenvalue weighted by Crippen LogP contribution is -2.24. The molecule has 2 rings (SSSR count). The van der Waals surface area contributed by atoms with E-state index in [1.165, 1.54) is 17.7 Å². The van der Waals surface area contributed by atoms with E-state index >= 15 is 0 Å². The lowest BCUT2D eigenvalue weighted by Gasteiger charge is -2.07. The van der Waals surface area contributed by atoms with Gasteiger partial charge in [0, 0.05) is 12.4 Å². The van der Waals surface area contributed by atoms with Crippen molar-refractivity contribution >= 4 is 28.5 Å². The van der Waals surface area contributed by atoms with Crippen molar-refractivity contribution in [3.63, 3.8) is 0 Å². The largest absolute Gasteiger partial charge is 0.477 e. The van der Waals surface area contributed by atoms with Gasteiger partial charge >= 0.3 is 5.97 Å². The molecule has 0 aliphatic heterocycles. The first kappa shape index (κ1) is 10.7. The SMILES string of the molecule is Cn1c(=O)c(C(=O)O)cc2cccc(Cl)c21. The van der Waals surface area contributed by atoms with Crippen LogP contribution in [0.25, 0.3) is 10.9 Å². The molecule has 0 atom stereocenters. The quantitative estimate of drug-likeness (QED) is 0.824. The van der Waals surface area contributed by atoms with E-state index in [0.29, 0.717) is 15.9 Å². The highest BCUT2D eigenvalue weighted by Crippen LogP contribution is 2.21. The number of benzene rings is 1. The van der Waals surface area contributed by atoms with Crippen LogP contribution in [0.3, 0.4) is 0 Å². The summed E-state index contributed by atoms with van der Waals surface area (Å²) in [6, 6.07) is 6.42. The molecule has 82 valence electrons. The van der Waals surface area contributed by atoms with Crippen LogP contribution in [0.2, 0.25) is 5.02 Å². The first-order valence-corrected chi connectivity index (χ1v) is 4.91. The summed E-state index contributed by atoms with van der Waals surface area (Å²) in [7, 11) is 1.50. The van der Waals surface area contributed by atoms with E-state index in [4.69, 9.17) is 16.7 Å². The van der Waals surface area contributed by atoms with Crippen molar-refractivity contribution < 1.29 is 9.90 Å². The number of hydrogen-bond acceptors (Lipinski definition) is 2. The fourth-order valence-electron chi connectivity index (χ4n) is 1.66. The number of carboxylic acid groups (broad SMARTS) is 1. The zero-order valence-corrected chi connectivity index (χ0v) is 9.15. The summed E-state index contributed by atoms with van der Waals surface area (Å²) in [6.07, 6.45) is 0. The Morgan fingerprint density at radius 3 is 2.75 bits per heavy atom. The third-order valence-corrected chi connectivity index (χ3v) is 2.72. The Kier molecular flexibility index (Phi) is 2.44. The maximum absolute atomic E-state index is 11.7. The van der Waals surface area contributed by atoms with Gasteiger partial charge in [0.1, 0.15) is 5.56 Å². The van der Waals surface area contributed by atoms with E-state index in [0.717, 1.165) is 0 Å². The summed E-state index contributed by atoms with van der Waals surface area (Å²) in [5.74, 6) is -1.23. The van der Waals surface area contributed by atoms with Gasteiger partial charge in [-0.2, -0.15) is 0 Å². The van der Waals surface area contributed by atoms with Crippen LogP contribution in [-0.2, 0) is 7.05 Å². The zero-order valence-electron chi connectivity index (χ0n) is 8.40. The van der Waals surface area contributed by atoms with Crippen molar-refractivity contribution in [3.8, 4) is 0 Å². The highest BCUT2D eigenvalue weighted by atomic mass is 35.5. The van der Waals surface area contributed by atoms with Crippen LogP contribution in [0.15, 0.2) is 29.1 Å². The summed E-state index contributed by atoms with van der Waals surface area (Å²) in [5, 5.41) is 9.93.